The van der Waals surface area contributed by atoms with Gasteiger partial charge in [-0.2, -0.15) is 0 Å². The van der Waals surface area contributed by atoms with Gasteiger partial charge in [0.05, 0.1) is 42.5 Å². The van der Waals surface area contributed by atoms with Gasteiger partial charge in [-0.3, -0.25) is 9.59 Å². The number of hydrogen-bond acceptors (Lipinski definition) is 8. The molecule has 1 heterocycles. The number of aliphatic hydroxyl groups is 3. The van der Waals surface area contributed by atoms with Gasteiger partial charge in [0.1, 0.15) is 12.2 Å². The lowest BCUT2D eigenvalue weighted by molar-refractivity contribution is -0.143. The van der Waals surface area contributed by atoms with Gasteiger partial charge in [0.15, 0.2) is 11.5 Å². The van der Waals surface area contributed by atoms with Crippen molar-refractivity contribution < 1.29 is 39.1 Å². The number of carbonyl (C=O) groups excluding carboxylic acids is 2. The molecule has 0 saturated carbocycles. The zero-order valence-electron chi connectivity index (χ0n) is 22.2. The molecule has 2 aliphatic rings. The maximum Gasteiger partial charge on any atom is 0.247 e. The van der Waals surface area contributed by atoms with Crippen LogP contribution in [-0.4, -0.2) is 90.3 Å². The summed E-state index contributed by atoms with van der Waals surface area (Å²) < 4.78 is 17.9. The Hall–Kier alpha value is -1.93. The Bertz CT molecular complexity index is 996. The number of hydrogen-bond donors (Lipinski definition) is 4. The molecule has 1 saturated heterocycles. The predicted molar refractivity (Wildman–Crippen MR) is 149 cm³/mol. The number of nitrogens with zero attached hydrogens (tertiary/aromatic N) is 1. The van der Waals surface area contributed by atoms with Crippen molar-refractivity contribution in [2.75, 3.05) is 40.0 Å². The smallest absolute Gasteiger partial charge is 0.247 e. The first-order chi connectivity index (χ1) is 18.2. The lowest BCUT2D eigenvalue weighted by Crippen LogP contribution is -2.56. The average molecular weight is 647 g/mol. The van der Waals surface area contributed by atoms with Gasteiger partial charge in [0.2, 0.25) is 11.8 Å². The highest BCUT2D eigenvalue weighted by atomic mass is 127. The fourth-order valence-corrected chi connectivity index (χ4v) is 5.49. The fraction of sp³-hybridized carbons (Fsp3) is 0.630. The third kappa shape index (κ3) is 7.59. The minimum absolute atomic E-state index is 0.0820. The molecule has 1 aliphatic heterocycles. The SMILES string of the molecule is COc1cc(CO)cc(I)c1O[C@H]1C=C(C(=O)NCCO)C[C@@H](N(CCC(C)C)C(=O)C2CCOC2)[C@@H]1O. The van der Waals surface area contributed by atoms with E-state index in [1.54, 1.807) is 23.1 Å². The van der Waals surface area contributed by atoms with Crippen LogP contribution in [0.2, 0.25) is 0 Å². The minimum atomic E-state index is -1.12. The van der Waals surface area contributed by atoms with Crippen molar-refractivity contribution in [3.63, 3.8) is 0 Å². The summed E-state index contributed by atoms with van der Waals surface area (Å²) in [6.07, 6.45) is 0.992. The lowest BCUT2D eigenvalue weighted by atomic mass is 9.87. The summed E-state index contributed by atoms with van der Waals surface area (Å²) in [5.74, 6) is 0.302. The Balaban J connectivity index is 1.99. The number of carbonyl (C=O) groups is 2. The number of methoxy groups -OCH3 is 1. The first kappa shape index (κ1) is 30.6. The van der Waals surface area contributed by atoms with Crippen LogP contribution >= 0.6 is 22.6 Å². The number of rotatable bonds is 12. The number of aliphatic hydroxyl groups excluding tert-OH is 3. The molecule has 11 heteroatoms. The molecule has 4 atom stereocenters. The van der Waals surface area contributed by atoms with Crippen LogP contribution in [-0.2, 0) is 20.9 Å². The van der Waals surface area contributed by atoms with Gasteiger partial charge in [-0.15, -0.1) is 0 Å². The van der Waals surface area contributed by atoms with E-state index in [9.17, 15) is 24.9 Å². The van der Waals surface area contributed by atoms with E-state index in [2.05, 4.69) is 41.8 Å². The van der Waals surface area contributed by atoms with Crippen LogP contribution in [0.1, 0.15) is 38.7 Å². The summed E-state index contributed by atoms with van der Waals surface area (Å²) >= 11 is 2.07. The Morgan fingerprint density at radius 1 is 1.29 bits per heavy atom. The molecule has 212 valence electrons. The average Bonchev–Trinajstić information content (AvgIpc) is 3.44. The van der Waals surface area contributed by atoms with Crippen LogP contribution in [0.4, 0.5) is 0 Å². The molecule has 0 aromatic heterocycles. The quantitative estimate of drug-likeness (QED) is 0.252. The molecule has 1 fully saturated rings. The van der Waals surface area contributed by atoms with Crippen LogP contribution in [0.15, 0.2) is 23.8 Å². The van der Waals surface area contributed by atoms with Crippen molar-refractivity contribution in [2.45, 2.75) is 58.0 Å². The normalized spacial score (nSPS) is 23.2. The van der Waals surface area contributed by atoms with Crippen molar-refractivity contribution in [3.8, 4) is 11.5 Å². The summed E-state index contributed by atoms with van der Waals surface area (Å²) in [5.41, 5.74) is 1.01. The monoisotopic (exact) mass is 646 g/mol. The second kappa shape index (κ2) is 14.5. The van der Waals surface area contributed by atoms with E-state index < -0.39 is 18.2 Å². The minimum Gasteiger partial charge on any atom is -0.493 e. The third-order valence-corrected chi connectivity index (χ3v) is 7.65. The third-order valence-electron chi connectivity index (χ3n) is 6.85. The Kier molecular flexibility index (Phi) is 11.6. The molecule has 3 rings (SSSR count). The first-order valence-corrected chi connectivity index (χ1v) is 14.1. The maximum atomic E-state index is 13.6. The molecular weight excluding hydrogens is 607 g/mol. The lowest BCUT2D eigenvalue weighted by Gasteiger charge is -2.41. The molecule has 0 bridgehead atoms. The molecule has 1 aromatic carbocycles. The highest BCUT2D eigenvalue weighted by Gasteiger charge is 2.42. The first-order valence-electron chi connectivity index (χ1n) is 13.0. The van der Waals surface area contributed by atoms with Crippen LogP contribution in [0.5, 0.6) is 11.5 Å². The van der Waals surface area contributed by atoms with Crippen molar-refractivity contribution in [2.24, 2.45) is 11.8 Å². The zero-order valence-corrected chi connectivity index (χ0v) is 24.3. The van der Waals surface area contributed by atoms with E-state index in [-0.39, 0.29) is 43.9 Å². The highest BCUT2D eigenvalue weighted by molar-refractivity contribution is 14.1. The second-order valence-corrected chi connectivity index (χ2v) is 11.2. The molecular formula is C27H39IN2O8. The van der Waals surface area contributed by atoms with E-state index in [0.717, 1.165) is 6.42 Å². The van der Waals surface area contributed by atoms with E-state index in [1.807, 2.05) is 0 Å². The van der Waals surface area contributed by atoms with Crippen LogP contribution in [0.25, 0.3) is 0 Å². The number of nitrogens with one attached hydrogen (secondary N) is 1. The number of ether oxygens (including phenoxy) is 3. The second-order valence-electron chi connectivity index (χ2n) is 10.1. The van der Waals surface area contributed by atoms with Gasteiger partial charge in [-0.25, -0.2) is 0 Å². The summed E-state index contributed by atoms with van der Waals surface area (Å²) in [4.78, 5) is 28.3. The highest BCUT2D eigenvalue weighted by Crippen LogP contribution is 2.37. The van der Waals surface area contributed by atoms with Gasteiger partial charge >= 0.3 is 0 Å². The molecule has 2 amide bonds. The van der Waals surface area contributed by atoms with Gasteiger partial charge in [-0.05, 0) is 65.1 Å². The molecule has 1 aromatic rings. The Labute approximate surface area is 237 Å². The maximum absolute atomic E-state index is 13.6. The summed E-state index contributed by atoms with van der Waals surface area (Å²) in [6.45, 7) is 5.13. The Morgan fingerprint density at radius 2 is 2.05 bits per heavy atom. The van der Waals surface area contributed by atoms with Gasteiger partial charge < -0.3 is 39.7 Å². The van der Waals surface area contributed by atoms with Gasteiger partial charge in [-0.1, -0.05) is 13.8 Å². The van der Waals surface area contributed by atoms with Crippen molar-refractivity contribution in [3.05, 3.63) is 32.9 Å². The molecule has 0 radical (unpaired) electrons. The van der Waals surface area contributed by atoms with Crippen molar-refractivity contribution in [1.82, 2.24) is 10.2 Å². The molecule has 1 aliphatic carbocycles. The van der Waals surface area contributed by atoms with E-state index >= 15 is 0 Å². The molecule has 4 N–H and O–H groups in total. The van der Waals surface area contributed by atoms with Crippen LogP contribution in [0, 0.1) is 15.4 Å². The van der Waals surface area contributed by atoms with Crippen LogP contribution in [0.3, 0.4) is 0 Å². The van der Waals surface area contributed by atoms with Gasteiger partial charge in [0.25, 0.3) is 0 Å². The topological polar surface area (TPSA) is 138 Å². The number of benzene rings is 1. The molecule has 38 heavy (non-hydrogen) atoms. The summed E-state index contributed by atoms with van der Waals surface area (Å²) in [7, 11) is 1.49. The van der Waals surface area contributed by atoms with Gasteiger partial charge in [0, 0.05) is 31.7 Å². The molecule has 1 unspecified atom stereocenters. The Morgan fingerprint density at radius 3 is 2.66 bits per heavy atom. The van der Waals surface area contributed by atoms with E-state index in [0.29, 0.717) is 58.3 Å². The largest absolute Gasteiger partial charge is 0.493 e. The summed E-state index contributed by atoms with van der Waals surface area (Å²) in [6, 6.07) is 2.70. The van der Waals surface area contributed by atoms with E-state index in [4.69, 9.17) is 14.2 Å². The molecule has 0 spiro atoms. The standard InChI is InChI=1S/C27H39IN2O8/c1-16(2)4-7-30(27(35)18-5-9-37-15-18)21-12-19(26(34)29-6-8-31)13-22(24(21)33)38-25-20(28)10-17(14-32)11-23(25)36-3/h10-11,13,16,18,21-22,24,31-33H,4-9,12,14-15H2,1-3H3,(H,29,34)/t18?,21-,22+,24+/m1/s1. The summed E-state index contributed by atoms with van der Waals surface area (Å²) in [5, 5.41) is 33.0. The zero-order chi connectivity index (χ0) is 27.8. The van der Waals surface area contributed by atoms with Crippen LogP contribution < -0.4 is 14.8 Å². The predicted octanol–water partition coefficient (Wildman–Crippen LogP) is 1.62. The fourth-order valence-electron chi connectivity index (χ4n) is 4.70. The van der Waals surface area contributed by atoms with E-state index in [1.165, 1.54) is 7.11 Å². The molecule has 10 nitrogen and oxygen atoms in total. The van der Waals surface area contributed by atoms with Crippen molar-refractivity contribution in [1.29, 1.82) is 0 Å². The number of amides is 2. The van der Waals surface area contributed by atoms with Crippen molar-refractivity contribution >= 4 is 34.4 Å². The number of halogens is 1.